The minimum absolute atomic E-state index is 0.158. The highest BCUT2D eigenvalue weighted by molar-refractivity contribution is 6.73. The highest BCUT2D eigenvalue weighted by Gasteiger charge is 2.35. The Morgan fingerprint density at radius 1 is 1.14 bits per heavy atom. The van der Waals surface area contributed by atoms with Crippen LogP contribution in [0.15, 0.2) is 23.3 Å². The average Bonchev–Trinajstić information content (AvgIpc) is 2.43. The number of hydrogen-bond donors (Lipinski definition) is 0. The van der Waals surface area contributed by atoms with Gasteiger partial charge in [-0.15, -0.1) is 0 Å². The van der Waals surface area contributed by atoms with E-state index in [-0.39, 0.29) is 5.60 Å². The molecular formula is C20H38OSi. The third-order valence-electron chi connectivity index (χ3n) is 5.61. The fourth-order valence-corrected chi connectivity index (χ4v) is 6.97. The molecule has 0 aromatic rings. The summed E-state index contributed by atoms with van der Waals surface area (Å²) in [5, 5.41) is 0. The lowest BCUT2D eigenvalue weighted by Gasteiger charge is -2.37. The number of rotatable bonds is 7. The van der Waals surface area contributed by atoms with E-state index < -0.39 is 8.32 Å². The van der Waals surface area contributed by atoms with Gasteiger partial charge in [-0.25, -0.2) is 0 Å². The summed E-state index contributed by atoms with van der Waals surface area (Å²) < 4.78 is 6.70. The molecule has 1 rings (SSSR count). The standard InChI is InChI=1S/C20H38OSi/c1-9-22(10-2,11-3)21-20(7,8)16-14-18-17(4)13-12-15-19(18,5)6/h14,16H,9-13,15H2,1-8H3/b16-14+. The van der Waals surface area contributed by atoms with Crippen LogP contribution in [0, 0.1) is 5.41 Å². The van der Waals surface area contributed by atoms with Crippen LogP contribution in [-0.2, 0) is 4.43 Å². The first-order valence-corrected chi connectivity index (χ1v) is 11.7. The fourth-order valence-electron chi connectivity index (χ4n) is 3.85. The Bertz CT molecular complexity index is 417. The van der Waals surface area contributed by atoms with Gasteiger partial charge in [0, 0.05) is 0 Å². The molecular weight excluding hydrogens is 284 g/mol. The molecule has 0 aromatic heterocycles. The van der Waals surface area contributed by atoms with E-state index in [4.69, 9.17) is 4.43 Å². The van der Waals surface area contributed by atoms with Crippen molar-refractivity contribution >= 4 is 8.32 Å². The topological polar surface area (TPSA) is 9.23 Å². The molecule has 0 N–H and O–H groups in total. The molecule has 0 atom stereocenters. The van der Waals surface area contributed by atoms with Crippen LogP contribution >= 0.6 is 0 Å². The highest BCUT2D eigenvalue weighted by Crippen LogP contribution is 2.41. The molecule has 0 spiro atoms. The first kappa shape index (κ1) is 19.7. The Labute approximate surface area is 140 Å². The van der Waals surface area contributed by atoms with Crippen LogP contribution in [0.4, 0.5) is 0 Å². The molecule has 0 heterocycles. The van der Waals surface area contributed by atoms with Crippen LogP contribution in [0.1, 0.15) is 74.7 Å². The van der Waals surface area contributed by atoms with Gasteiger partial charge in [0.1, 0.15) is 0 Å². The van der Waals surface area contributed by atoms with E-state index in [1.807, 2.05) is 0 Å². The summed E-state index contributed by atoms with van der Waals surface area (Å²) in [7, 11) is -1.56. The monoisotopic (exact) mass is 322 g/mol. The molecule has 1 aliphatic carbocycles. The van der Waals surface area contributed by atoms with Gasteiger partial charge >= 0.3 is 0 Å². The quantitative estimate of drug-likeness (QED) is 0.465. The predicted molar refractivity (Wildman–Crippen MR) is 102 cm³/mol. The summed E-state index contributed by atoms with van der Waals surface area (Å²) in [6.07, 6.45) is 8.56. The van der Waals surface area contributed by atoms with E-state index in [1.54, 1.807) is 5.57 Å². The predicted octanol–water partition coefficient (Wildman–Crippen LogP) is 6.87. The molecule has 0 bridgehead atoms. The molecule has 0 aliphatic heterocycles. The van der Waals surface area contributed by atoms with Crippen LogP contribution in [0.25, 0.3) is 0 Å². The molecule has 0 amide bonds. The SMILES string of the molecule is CC[Si](CC)(CC)OC(C)(C)/C=C/C1=C(C)CCCC1(C)C. The summed E-state index contributed by atoms with van der Waals surface area (Å²) in [4.78, 5) is 0. The minimum atomic E-state index is -1.56. The number of allylic oxidation sites excluding steroid dienone is 3. The van der Waals surface area contributed by atoms with Gasteiger partial charge in [0.15, 0.2) is 8.32 Å². The average molecular weight is 323 g/mol. The van der Waals surface area contributed by atoms with E-state index in [0.29, 0.717) is 5.41 Å². The van der Waals surface area contributed by atoms with Gasteiger partial charge in [0.05, 0.1) is 5.60 Å². The molecule has 0 saturated carbocycles. The second kappa shape index (κ2) is 7.48. The zero-order valence-corrected chi connectivity index (χ0v) is 17.3. The zero-order valence-electron chi connectivity index (χ0n) is 16.3. The van der Waals surface area contributed by atoms with Crippen LogP contribution in [-0.4, -0.2) is 13.9 Å². The summed E-state index contributed by atoms with van der Waals surface area (Å²) in [6.45, 7) is 18.4. The maximum Gasteiger partial charge on any atom is 0.193 e. The Balaban J connectivity index is 2.96. The van der Waals surface area contributed by atoms with Crippen molar-refractivity contribution in [2.75, 3.05) is 0 Å². The summed E-state index contributed by atoms with van der Waals surface area (Å²) >= 11 is 0. The molecule has 1 nitrogen and oxygen atoms in total. The Hall–Kier alpha value is -0.343. The van der Waals surface area contributed by atoms with Gasteiger partial charge in [0.25, 0.3) is 0 Å². The first-order chi connectivity index (χ1) is 10.1. The molecule has 0 unspecified atom stereocenters. The lowest BCUT2D eigenvalue weighted by molar-refractivity contribution is 0.146. The highest BCUT2D eigenvalue weighted by atomic mass is 28.4. The van der Waals surface area contributed by atoms with Crippen LogP contribution in [0.5, 0.6) is 0 Å². The van der Waals surface area contributed by atoms with Gasteiger partial charge in [-0.3, -0.25) is 0 Å². The molecule has 0 radical (unpaired) electrons. The number of hydrogen-bond acceptors (Lipinski definition) is 1. The third kappa shape index (κ3) is 4.83. The molecule has 0 fully saturated rings. The maximum absolute atomic E-state index is 6.70. The Morgan fingerprint density at radius 3 is 2.14 bits per heavy atom. The molecule has 22 heavy (non-hydrogen) atoms. The van der Waals surface area contributed by atoms with Crippen molar-refractivity contribution in [1.29, 1.82) is 0 Å². The van der Waals surface area contributed by atoms with Crippen LogP contribution < -0.4 is 0 Å². The van der Waals surface area contributed by atoms with Gasteiger partial charge < -0.3 is 4.43 Å². The molecule has 2 heteroatoms. The van der Waals surface area contributed by atoms with Gasteiger partial charge in [-0.1, -0.05) is 52.3 Å². The summed E-state index contributed by atoms with van der Waals surface area (Å²) in [6, 6.07) is 3.64. The van der Waals surface area contributed by atoms with Gasteiger partial charge in [-0.05, 0) is 69.2 Å². The van der Waals surface area contributed by atoms with E-state index in [0.717, 1.165) is 0 Å². The van der Waals surface area contributed by atoms with Crippen molar-refractivity contribution in [2.24, 2.45) is 5.41 Å². The van der Waals surface area contributed by atoms with Crippen molar-refractivity contribution < 1.29 is 4.43 Å². The van der Waals surface area contributed by atoms with E-state index >= 15 is 0 Å². The van der Waals surface area contributed by atoms with Crippen molar-refractivity contribution in [3.05, 3.63) is 23.3 Å². The zero-order chi connectivity index (χ0) is 17.0. The Morgan fingerprint density at radius 2 is 1.68 bits per heavy atom. The third-order valence-corrected chi connectivity index (χ3v) is 10.4. The van der Waals surface area contributed by atoms with Gasteiger partial charge in [0.2, 0.25) is 0 Å². The second-order valence-electron chi connectivity index (χ2n) is 8.21. The smallest absolute Gasteiger partial charge is 0.193 e. The largest absolute Gasteiger partial charge is 0.409 e. The van der Waals surface area contributed by atoms with Crippen molar-refractivity contribution in [3.63, 3.8) is 0 Å². The molecule has 0 aromatic carbocycles. The molecule has 1 aliphatic rings. The van der Waals surface area contributed by atoms with Crippen LogP contribution in [0.2, 0.25) is 18.1 Å². The lowest BCUT2D eigenvalue weighted by Crippen LogP contribution is -2.43. The van der Waals surface area contributed by atoms with E-state index in [2.05, 4.69) is 67.5 Å². The van der Waals surface area contributed by atoms with Crippen molar-refractivity contribution in [2.45, 2.75) is 98.4 Å². The maximum atomic E-state index is 6.70. The molecule has 128 valence electrons. The Kier molecular flexibility index (Phi) is 6.70. The molecule has 0 saturated heterocycles. The first-order valence-electron chi connectivity index (χ1n) is 9.21. The van der Waals surface area contributed by atoms with Crippen molar-refractivity contribution in [1.82, 2.24) is 0 Å². The fraction of sp³-hybridized carbons (Fsp3) is 0.800. The van der Waals surface area contributed by atoms with Gasteiger partial charge in [-0.2, -0.15) is 0 Å². The minimum Gasteiger partial charge on any atom is -0.409 e. The second-order valence-corrected chi connectivity index (χ2v) is 12.9. The van der Waals surface area contributed by atoms with Crippen molar-refractivity contribution in [3.8, 4) is 0 Å². The summed E-state index contributed by atoms with van der Waals surface area (Å²) in [5.74, 6) is 0. The van der Waals surface area contributed by atoms with E-state index in [1.165, 1.54) is 43.0 Å². The van der Waals surface area contributed by atoms with E-state index in [9.17, 15) is 0 Å². The van der Waals surface area contributed by atoms with Crippen LogP contribution in [0.3, 0.4) is 0 Å². The summed E-state index contributed by atoms with van der Waals surface area (Å²) in [5.41, 5.74) is 3.25. The lowest BCUT2D eigenvalue weighted by atomic mass is 9.72. The normalized spacial score (nSPS) is 20.0.